The maximum Gasteiger partial charge on any atom is 0.148 e. The summed E-state index contributed by atoms with van der Waals surface area (Å²) in [5.74, 6) is 0.845. The first-order valence-electron chi connectivity index (χ1n) is 16.9. The summed E-state index contributed by atoms with van der Waals surface area (Å²) < 4.78 is 8.87. The molecule has 52 heavy (non-hydrogen) atoms. The van der Waals surface area contributed by atoms with E-state index >= 15 is 0 Å². The zero-order valence-electron chi connectivity index (χ0n) is 27.6. The van der Waals surface area contributed by atoms with E-state index in [1.54, 1.807) is 6.07 Å². The normalized spacial score (nSPS) is 11.4. The number of fused-ring (bicyclic) bond motifs is 6. The summed E-state index contributed by atoms with van der Waals surface area (Å²) in [6.07, 6.45) is 0. The maximum atomic E-state index is 11.5. The van der Waals surface area contributed by atoms with Gasteiger partial charge in [0, 0.05) is 48.2 Å². The molecule has 0 aliphatic carbocycles. The SMILES string of the molecule is Oc1ccc2c(oc3c(-c4cccc(-c5ccccc5)c4)cccc32)c1-c1ccc2c3ccccc3n(-c3cccc(-c4[c-]cccc4)n3)c2n1.[Pt]. The fourth-order valence-corrected chi connectivity index (χ4v) is 7.28. The number of aromatic nitrogens is 3. The fourth-order valence-electron chi connectivity index (χ4n) is 7.28. The van der Waals surface area contributed by atoms with E-state index in [1.807, 2.05) is 72.8 Å². The summed E-state index contributed by atoms with van der Waals surface area (Å²) in [6, 6.07) is 58.2. The van der Waals surface area contributed by atoms with E-state index in [-0.39, 0.29) is 26.8 Å². The van der Waals surface area contributed by atoms with Crippen molar-refractivity contribution in [2.75, 3.05) is 0 Å². The summed E-state index contributed by atoms with van der Waals surface area (Å²) in [5.41, 5.74) is 10.3. The van der Waals surface area contributed by atoms with Crippen molar-refractivity contribution in [1.82, 2.24) is 14.5 Å². The van der Waals surface area contributed by atoms with Crippen molar-refractivity contribution in [2.45, 2.75) is 0 Å². The molecule has 0 atom stereocenters. The van der Waals surface area contributed by atoms with Gasteiger partial charge in [0.2, 0.25) is 0 Å². The second-order valence-corrected chi connectivity index (χ2v) is 12.6. The summed E-state index contributed by atoms with van der Waals surface area (Å²) >= 11 is 0. The van der Waals surface area contributed by atoms with Crippen LogP contribution in [-0.2, 0) is 21.1 Å². The first-order valence-corrected chi connectivity index (χ1v) is 16.9. The minimum absolute atomic E-state index is 0. The molecule has 0 aliphatic rings. The second kappa shape index (κ2) is 12.8. The van der Waals surface area contributed by atoms with Crippen LogP contribution < -0.4 is 0 Å². The Bertz CT molecular complexity index is 2930. The molecule has 250 valence electrons. The summed E-state index contributed by atoms with van der Waals surface area (Å²) in [5, 5.41) is 15.4. The van der Waals surface area contributed by atoms with E-state index in [0.29, 0.717) is 16.8 Å². The molecule has 10 rings (SSSR count). The Balaban J connectivity index is 0.00000360. The zero-order valence-corrected chi connectivity index (χ0v) is 29.9. The minimum Gasteiger partial charge on any atom is -0.507 e. The molecule has 5 nitrogen and oxygen atoms in total. The van der Waals surface area contributed by atoms with E-state index in [0.717, 1.165) is 77.6 Å². The number of phenolic OH excluding ortho intramolecular Hbond substituents is 1. The first-order chi connectivity index (χ1) is 25.2. The van der Waals surface area contributed by atoms with Gasteiger partial charge in [0.05, 0.1) is 16.8 Å². The topological polar surface area (TPSA) is 64.1 Å². The van der Waals surface area contributed by atoms with Crippen LogP contribution >= 0.6 is 0 Å². The molecule has 0 radical (unpaired) electrons. The Morgan fingerprint density at radius 2 is 1.27 bits per heavy atom. The van der Waals surface area contributed by atoms with Crippen molar-refractivity contribution in [3.8, 4) is 56.3 Å². The molecule has 4 aromatic heterocycles. The van der Waals surface area contributed by atoms with Gasteiger partial charge >= 0.3 is 0 Å². The van der Waals surface area contributed by atoms with E-state index in [9.17, 15) is 5.11 Å². The first kappa shape index (κ1) is 31.7. The quantitative estimate of drug-likeness (QED) is 0.175. The van der Waals surface area contributed by atoms with Crippen LogP contribution in [0.1, 0.15) is 0 Å². The molecule has 0 amide bonds. The van der Waals surface area contributed by atoms with Gasteiger partial charge in [-0.2, -0.15) is 0 Å². The van der Waals surface area contributed by atoms with Gasteiger partial charge in [0.1, 0.15) is 28.4 Å². The number of benzene rings is 6. The zero-order chi connectivity index (χ0) is 33.9. The monoisotopic (exact) mass is 849 g/mol. The molecule has 0 spiro atoms. The van der Waals surface area contributed by atoms with Crippen molar-refractivity contribution >= 4 is 43.9 Å². The number of pyridine rings is 2. The van der Waals surface area contributed by atoms with Crippen LogP contribution in [0.25, 0.3) is 94.5 Å². The Morgan fingerprint density at radius 1 is 0.538 bits per heavy atom. The third kappa shape index (κ3) is 5.13. The van der Waals surface area contributed by atoms with E-state index in [1.165, 1.54) is 0 Å². The number of para-hydroxylation sites is 2. The molecular weight excluding hydrogens is 822 g/mol. The van der Waals surface area contributed by atoms with Crippen LogP contribution in [0, 0.1) is 6.07 Å². The number of furan rings is 1. The summed E-state index contributed by atoms with van der Waals surface area (Å²) in [6.45, 7) is 0. The predicted octanol–water partition coefficient (Wildman–Crippen LogP) is 11.6. The van der Waals surface area contributed by atoms with Gasteiger partial charge in [-0.1, -0.05) is 97.1 Å². The smallest absolute Gasteiger partial charge is 0.148 e. The van der Waals surface area contributed by atoms with Gasteiger partial charge in [0.25, 0.3) is 0 Å². The van der Waals surface area contributed by atoms with Crippen LogP contribution in [-0.4, -0.2) is 19.6 Å². The standard InChI is InChI=1S/C46H28N3O2.Pt/c50-41-27-25-36-35-20-10-19-33(32-17-9-16-31(28-32)29-12-3-1-4-13-29)44(35)51-45(36)43(41)39-26-24-37-34-18-7-8-22-40(34)49(46(37)48-39)42-23-11-21-38(47-42)30-14-5-2-6-15-30;/h1-14,16-28,50H;/q-1;. The third-order valence-electron chi connectivity index (χ3n) is 9.65. The molecule has 0 saturated heterocycles. The molecule has 0 fully saturated rings. The Kier molecular flexibility index (Phi) is 7.79. The molecule has 6 heteroatoms. The number of aromatic hydroxyl groups is 1. The third-order valence-corrected chi connectivity index (χ3v) is 9.65. The number of hydrogen-bond acceptors (Lipinski definition) is 4. The Morgan fingerprint density at radius 3 is 2.15 bits per heavy atom. The fraction of sp³-hybridized carbons (Fsp3) is 0. The van der Waals surface area contributed by atoms with Crippen molar-refractivity contribution in [1.29, 1.82) is 0 Å². The molecule has 0 unspecified atom stereocenters. The number of hydrogen-bond donors (Lipinski definition) is 1. The van der Waals surface area contributed by atoms with Crippen molar-refractivity contribution in [2.24, 2.45) is 0 Å². The Hall–Kier alpha value is -6.29. The molecule has 1 N–H and O–H groups in total. The van der Waals surface area contributed by atoms with Crippen molar-refractivity contribution < 1.29 is 30.6 Å². The maximum absolute atomic E-state index is 11.5. The van der Waals surface area contributed by atoms with Gasteiger partial charge in [0.15, 0.2) is 0 Å². The van der Waals surface area contributed by atoms with Gasteiger partial charge in [-0.3, -0.25) is 9.55 Å². The van der Waals surface area contributed by atoms with Gasteiger partial charge in [-0.25, -0.2) is 4.98 Å². The van der Waals surface area contributed by atoms with Gasteiger partial charge in [-0.15, -0.1) is 35.9 Å². The van der Waals surface area contributed by atoms with Crippen LogP contribution in [0.5, 0.6) is 5.75 Å². The van der Waals surface area contributed by atoms with Gasteiger partial charge in [-0.05, 0) is 64.8 Å². The van der Waals surface area contributed by atoms with Crippen molar-refractivity contribution in [3.63, 3.8) is 0 Å². The molecule has 4 heterocycles. The van der Waals surface area contributed by atoms with Crippen LogP contribution in [0.15, 0.2) is 168 Å². The Labute approximate surface area is 313 Å². The van der Waals surface area contributed by atoms with Crippen LogP contribution in [0.2, 0.25) is 0 Å². The number of rotatable bonds is 5. The van der Waals surface area contributed by atoms with Crippen LogP contribution in [0.3, 0.4) is 0 Å². The largest absolute Gasteiger partial charge is 0.507 e. The second-order valence-electron chi connectivity index (χ2n) is 12.6. The van der Waals surface area contributed by atoms with Gasteiger partial charge < -0.3 is 9.52 Å². The van der Waals surface area contributed by atoms with E-state index in [2.05, 4.69) is 95.6 Å². The molecule has 6 aromatic carbocycles. The molecular formula is C46H28N3O2Pt-. The molecule has 0 saturated carbocycles. The molecule has 0 aliphatic heterocycles. The average Bonchev–Trinajstić information content (AvgIpc) is 3.74. The number of nitrogens with zero attached hydrogens (tertiary/aromatic N) is 3. The van der Waals surface area contributed by atoms with E-state index in [4.69, 9.17) is 14.4 Å². The average molecular weight is 850 g/mol. The van der Waals surface area contributed by atoms with Crippen LogP contribution in [0.4, 0.5) is 0 Å². The number of phenols is 1. The summed E-state index contributed by atoms with van der Waals surface area (Å²) in [7, 11) is 0. The van der Waals surface area contributed by atoms with E-state index < -0.39 is 0 Å². The summed E-state index contributed by atoms with van der Waals surface area (Å²) in [4.78, 5) is 10.3. The molecule has 0 bridgehead atoms. The van der Waals surface area contributed by atoms with Crippen molar-refractivity contribution in [3.05, 3.63) is 170 Å². The predicted molar refractivity (Wildman–Crippen MR) is 206 cm³/mol. The minimum atomic E-state index is 0. The molecule has 10 aromatic rings.